The predicted octanol–water partition coefficient (Wildman–Crippen LogP) is -0.123. The molecule has 0 bridgehead atoms. The van der Waals surface area contributed by atoms with Crippen LogP contribution in [-0.4, -0.2) is 38.2 Å². The highest BCUT2D eigenvalue weighted by atomic mass is 32.2. The number of nitrogens with zero attached hydrogens (tertiary/aromatic N) is 1. The van der Waals surface area contributed by atoms with E-state index in [-0.39, 0.29) is 5.84 Å². The van der Waals surface area contributed by atoms with Gasteiger partial charge in [-0.3, -0.25) is 5.41 Å². The summed E-state index contributed by atoms with van der Waals surface area (Å²) in [6, 6.07) is 0. The Bertz CT molecular complexity index is 320. The Morgan fingerprint density at radius 2 is 1.80 bits per heavy atom. The van der Waals surface area contributed by atoms with Crippen LogP contribution in [0, 0.1) is 5.41 Å². The fraction of sp³-hybridized carbons (Fsp3) is 0.875. The number of nitrogens with one attached hydrogen (secondary N) is 2. The Hall–Kier alpha value is -0.660. The zero-order valence-corrected chi connectivity index (χ0v) is 10.5. The highest BCUT2D eigenvalue weighted by molar-refractivity contribution is 7.87. The number of nitrogens with two attached hydrogens (primary N) is 1. The smallest absolute Gasteiger partial charge is 0.279 e. The molecule has 0 aliphatic heterocycles. The van der Waals surface area contributed by atoms with Crippen molar-refractivity contribution < 1.29 is 8.42 Å². The second-order valence-electron chi connectivity index (χ2n) is 3.59. The molecule has 0 radical (unpaired) electrons. The molecule has 0 spiro atoms. The van der Waals surface area contributed by atoms with E-state index in [0.29, 0.717) is 12.8 Å². The van der Waals surface area contributed by atoms with Crippen molar-refractivity contribution in [3.05, 3.63) is 0 Å². The average molecular weight is 236 g/mol. The van der Waals surface area contributed by atoms with Crippen molar-refractivity contribution in [2.45, 2.75) is 32.2 Å². The van der Waals surface area contributed by atoms with Crippen LogP contribution in [-0.2, 0) is 10.2 Å². The Labute approximate surface area is 91.5 Å². The summed E-state index contributed by atoms with van der Waals surface area (Å²) in [5.41, 5.74) is 4.47. The Balaban J connectivity index is 5.09. The van der Waals surface area contributed by atoms with Gasteiger partial charge in [0.25, 0.3) is 10.2 Å². The van der Waals surface area contributed by atoms with E-state index in [2.05, 4.69) is 4.72 Å². The lowest BCUT2D eigenvalue weighted by atomic mass is 9.93. The van der Waals surface area contributed by atoms with E-state index in [1.165, 1.54) is 14.1 Å². The minimum Gasteiger partial charge on any atom is -0.386 e. The molecule has 0 heterocycles. The van der Waals surface area contributed by atoms with Gasteiger partial charge in [-0.1, -0.05) is 13.8 Å². The van der Waals surface area contributed by atoms with Crippen molar-refractivity contribution >= 4 is 16.0 Å². The van der Waals surface area contributed by atoms with Crippen LogP contribution >= 0.6 is 0 Å². The molecule has 6 nitrogen and oxygen atoms in total. The Morgan fingerprint density at radius 3 is 2.00 bits per heavy atom. The highest BCUT2D eigenvalue weighted by Crippen LogP contribution is 2.16. The van der Waals surface area contributed by atoms with Gasteiger partial charge >= 0.3 is 0 Å². The van der Waals surface area contributed by atoms with E-state index in [4.69, 9.17) is 11.1 Å². The van der Waals surface area contributed by atoms with E-state index in [1.54, 1.807) is 13.8 Å². The summed E-state index contributed by atoms with van der Waals surface area (Å²) in [5, 5.41) is 7.45. The van der Waals surface area contributed by atoms with Gasteiger partial charge in [-0.2, -0.15) is 17.4 Å². The molecule has 0 aliphatic carbocycles. The minimum atomic E-state index is -3.56. The second kappa shape index (κ2) is 4.91. The zero-order valence-electron chi connectivity index (χ0n) is 9.66. The molecule has 90 valence electrons. The second-order valence-corrected chi connectivity index (χ2v) is 5.48. The molecule has 7 heteroatoms. The van der Waals surface area contributed by atoms with Crippen LogP contribution in [0.4, 0.5) is 0 Å². The van der Waals surface area contributed by atoms with Gasteiger partial charge in [-0.25, -0.2) is 0 Å². The number of rotatable bonds is 6. The van der Waals surface area contributed by atoms with Gasteiger partial charge in [0, 0.05) is 14.1 Å². The third kappa shape index (κ3) is 3.15. The van der Waals surface area contributed by atoms with Crippen LogP contribution in [0.2, 0.25) is 0 Å². The van der Waals surface area contributed by atoms with Crippen LogP contribution < -0.4 is 10.5 Å². The Kier molecular flexibility index (Phi) is 4.69. The molecule has 0 unspecified atom stereocenters. The molecule has 0 rings (SSSR count). The van der Waals surface area contributed by atoms with Crippen LogP contribution in [0.5, 0.6) is 0 Å². The first kappa shape index (κ1) is 14.3. The normalized spacial score (nSPS) is 13.1. The van der Waals surface area contributed by atoms with Crippen LogP contribution in [0.15, 0.2) is 0 Å². The molecular formula is C8H20N4O2S. The molecule has 0 aliphatic rings. The summed E-state index contributed by atoms with van der Waals surface area (Å²) in [7, 11) is -0.704. The monoisotopic (exact) mass is 236 g/mol. The molecule has 0 aromatic carbocycles. The first-order valence-electron chi connectivity index (χ1n) is 4.77. The van der Waals surface area contributed by atoms with Gasteiger partial charge in [0.2, 0.25) is 0 Å². The maximum Gasteiger partial charge on any atom is 0.279 e. The number of amidine groups is 1. The third-order valence-electron chi connectivity index (χ3n) is 2.53. The van der Waals surface area contributed by atoms with Crippen molar-refractivity contribution in [3.63, 3.8) is 0 Å². The van der Waals surface area contributed by atoms with Gasteiger partial charge in [-0.05, 0) is 12.8 Å². The highest BCUT2D eigenvalue weighted by Gasteiger charge is 2.35. The molecule has 0 atom stereocenters. The van der Waals surface area contributed by atoms with Crippen LogP contribution in [0.25, 0.3) is 0 Å². The Morgan fingerprint density at radius 1 is 1.40 bits per heavy atom. The molecule has 0 aromatic heterocycles. The van der Waals surface area contributed by atoms with Gasteiger partial charge in [0.15, 0.2) is 0 Å². The molecular weight excluding hydrogens is 216 g/mol. The molecule has 4 N–H and O–H groups in total. The average Bonchev–Trinajstić information content (AvgIpc) is 2.13. The van der Waals surface area contributed by atoms with Crippen molar-refractivity contribution in [2.24, 2.45) is 5.73 Å². The third-order valence-corrected chi connectivity index (χ3v) is 4.14. The summed E-state index contributed by atoms with van der Waals surface area (Å²) in [4.78, 5) is 0. The van der Waals surface area contributed by atoms with Crippen molar-refractivity contribution in [3.8, 4) is 0 Å². The predicted molar refractivity (Wildman–Crippen MR) is 61.0 cm³/mol. The molecule has 0 aromatic rings. The van der Waals surface area contributed by atoms with E-state index in [1.807, 2.05) is 0 Å². The standard InChI is InChI=1S/C8H20N4O2S/c1-5-8(6-2,7(9)10)11-15(13,14)12(3)4/h11H,5-6H2,1-4H3,(H3,9,10). The van der Waals surface area contributed by atoms with Gasteiger partial charge < -0.3 is 5.73 Å². The van der Waals surface area contributed by atoms with Crippen LogP contribution in [0.3, 0.4) is 0 Å². The minimum absolute atomic E-state index is 0.155. The number of hydrogen-bond acceptors (Lipinski definition) is 3. The quantitative estimate of drug-likeness (QED) is 0.442. The summed E-state index contributed by atoms with van der Waals surface area (Å²) in [5.74, 6) is -0.155. The number of hydrogen-bond donors (Lipinski definition) is 3. The lowest BCUT2D eigenvalue weighted by Gasteiger charge is -2.32. The first-order valence-corrected chi connectivity index (χ1v) is 6.21. The molecule has 0 fully saturated rings. The molecule has 15 heavy (non-hydrogen) atoms. The van der Waals surface area contributed by atoms with E-state index < -0.39 is 15.7 Å². The van der Waals surface area contributed by atoms with Crippen molar-refractivity contribution in [1.82, 2.24) is 9.03 Å². The first-order chi connectivity index (χ1) is 6.72. The lowest BCUT2D eigenvalue weighted by Crippen LogP contribution is -2.58. The van der Waals surface area contributed by atoms with Crippen molar-refractivity contribution in [2.75, 3.05) is 14.1 Å². The largest absolute Gasteiger partial charge is 0.386 e. The maximum absolute atomic E-state index is 11.6. The van der Waals surface area contributed by atoms with Gasteiger partial charge in [-0.15, -0.1) is 0 Å². The van der Waals surface area contributed by atoms with Gasteiger partial charge in [0.05, 0.1) is 5.54 Å². The molecule has 0 saturated heterocycles. The fourth-order valence-corrected chi connectivity index (χ4v) is 2.24. The molecule has 0 amide bonds. The van der Waals surface area contributed by atoms with Crippen molar-refractivity contribution in [1.29, 1.82) is 5.41 Å². The summed E-state index contributed by atoms with van der Waals surface area (Å²) in [6.07, 6.45) is 0.901. The summed E-state index contributed by atoms with van der Waals surface area (Å²) >= 11 is 0. The zero-order chi connectivity index (χ0) is 12.3. The summed E-state index contributed by atoms with van der Waals surface area (Å²) < 4.78 is 26.8. The van der Waals surface area contributed by atoms with Gasteiger partial charge in [0.1, 0.15) is 5.84 Å². The fourth-order valence-electron chi connectivity index (χ4n) is 1.17. The van der Waals surface area contributed by atoms with E-state index >= 15 is 0 Å². The van der Waals surface area contributed by atoms with E-state index in [9.17, 15) is 8.42 Å². The topological polar surface area (TPSA) is 99.3 Å². The lowest BCUT2D eigenvalue weighted by molar-refractivity contribution is 0.431. The van der Waals surface area contributed by atoms with Crippen LogP contribution in [0.1, 0.15) is 26.7 Å². The maximum atomic E-state index is 11.6. The van der Waals surface area contributed by atoms with E-state index in [0.717, 1.165) is 4.31 Å². The summed E-state index contributed by atoms with van der Waals surface area (Å²) in [6.45, 7) is 3.59. The SMILES string of the molecule is CCC(CC)(NS(=O)(=O)N(C)C)C(=N)N. The molecule has 0 saturated carbocycles.